The highest BCUT2D eigenvalue weighted by molar-refractivity contribution is 5.31. The van der Waals surface area contributed by atoms with Crippen molar-refractivity contribution < 1.29 is 13.5 Å². The fraction of sp³-hybridized carbons (Fsp3) is 0.214. The maximum absolute atomic E-state index is 13.0. The first kappa shape index (κ1) is 13.4. The molecule has 0 amide bonds. The fourth-order valence-electron chi connectivity index (χ4n) is 1.60. The minimum absolute atomic E-state index is 0.0897. The Balaban J connectivity index is 2.15. The van der Waals surface area contributed by atoms with E-state index in [0.29, 0.717) is 5.75 Å². The topological polar surface area (TPSA) is 48.1 Å². The van der Waals surface area contributed by atoms with Gasteiger partial charge in [0, 0.05) is 24.2 Å². The minimum Gasteiger partial charge on any atom is -0.456 e. The zero-order valence-electron chi connectivity index (χ0n) is 10.4. The molecular formula is C14H14F2N2O. The van der Waals surface area contributed by atoms with Gasteiger partial charge in [0.05, 0.1) is 11.9 Å². The molecule has 0 aliphatic heterocycles. The van der Waals surface area contributed by atoms with E-state index in [4.69, 9.17) is 10.5 Å². The normalized spacial score (nSPS) is 12.2. The molecule has 0 saturated heterocycles. The summed E-state index contributed by atoms with van der Waals surface area (Å²) in [6.45, 7) is 1.96. The van der Waals surface area contributed by atoms with Crippen molar-refractivity contribution in [3.8, 4) is 11.5 Å². The summed E-state index contributed by atoms with van der Waals surface area (Å²) in [5.41, 5.74) is 6.58. The Morgan fingerprint density at radius 3 is 2.37 bits per heavy atom. The molecule has 100 valence electrons. The Kier molecular flexibility index (Phi) is 4.06. The zero-order chi connectivity index (χ0) is 13.8. The molecule has 0 radical (unpaired) electrons. The molecule has 2 aromatic rings. The van der Waals surface area contributed by atoms with Crippen LogP contribution in [0.5, 0.6) is 11.5 Å². The monoisotopic (exact) mass is 264 g/mol. The summed E-state index contributed by atoms with van der Waals surface area (Å²) in [6, 6.07) is 6.28. The standard InChI is InChI=1S/C14H14F2N2O/c1-2-13(17)14-4-3-11(8-18-14)19-12-6-9(15)5-10(16)7-12/h3-8,13H,2,17H2,1H3. The van der Waals surface area contributed by atoms with Crippen LogP contribution in [0, 0.1) is 11.6 Å². The summed E-state index contributed by atoms with van der Waals surface area (Å²) >= 11 is 0. The Bertz CT molecular complexity index is 538. The molecule has 2 N–H and O–H groups in total. The smallest absolute Gasteiger partial charge is 0.145 e. The summed E-state index contributed by atoms with van der Waals surface area (Å²) < 4.78 is 31.3. The van der Waals surface area contributed by atoms with Crippen LogP contribution in [-0.4, -0.2) is 4.98 Å². The van der Waals surface area contributed by atoms with Gasteiger partial charge in [0.2, 0.25) is 0 Å². The van der Waals surface area contributed by atoms with Crippen molar-refractivity contribution in [3.05, 3.63) is 53.9 Å². The first-order chi connectivity index (χ1) is 9.08. The van der Waals surface area contributed by atoms with E-state index in [1.54, 1.807) is 12.1 Å². The molecule has 0 aliphatic rings. The van der Waals surface area contributed by atoms with Gasteiger partial charge >= 0.3 is 0 Å². The lowest BCUT2D eigenvalue weighted by atomic mass is 10.1. The molecule has 0 bridgehead atoms. The predicted octanol–water partition coefficient (Wildman–Crippen LogP) is 3.56. The van der Waals surface area contributed by atoms with Gasteiger partial charge in [-0.1, -0.05) is 6.92 Å². The highest BCUT2D eigenvalue weighted by atomic mass is 19.1. The molecule has 1 aromatic heterocycles. The summed E-state index contributed by atoms with van der Waals surface area (Å²) in [7, 11) is 0. The number of nitrogens with zero attached hydrogens (tertiary/aromatic N) is 1. The molecule has 1 unspecified atom stereocenters. The van der Waals surface area contributed by atoms with Gasteiger partial charge in [-0.3, -0.25) is 4.98 Å². The van der Waals surface area contributed by atoms with Crippen LogP contribution < -0.4 is 10.5 Å². The van der Waals surface area contributed by atoms with Crippen LogP contribution in [0.25, 0.3) is 0 Å². The van der Waals surface area contributed by atoms with Gasteiger partial charge in [-0.15, -0.1) is 0 Å². The second-order valence-electron chi connectivity index (χ2n) is 4.14. The number of nitrogens with two attached hydrogens (primary N) is 1. The van der Waals surface area contributed by atoms with Crippen molar-refractivity contribution in [2.24, 2.45) is 5.73 Å². The second-order valence-corrected chi connectivity index (χ2v) is 4.14. The molecule has 0 saturated carbocycles. The lowest BCUT2D eigenvalue weighted by Crippen LogP contribution is -2.10. The first-order valence-corrected chi connectivity index (χ1v) is 5.94. The van der Waals surface area contributed by atoms with Gasteiger partial charge < -0.3 is 10.5 Å². The number of hydrogen-bond donors (Lipinski definition) is 1. The Hall–Kier alpha value is -2.01. The molecule has 19 heavy (non-hydrogen) atoms. The molecule has 1 heterocycles. The average Bonchev–Trinajstić information content (AvgIpc) is 2.37. The van der Waals surface area contributed by atoms with E-state index >= 15 is 0 Å². The van der Waals surface area contributed by atoms with E-state index in [2.05, 4.69) is 4.98 Å². The molecule has 1 atom stereocenters. The Morgan fingerprint density at radius 1 is 1.16 bits per heavy atom. The number of rotatable bonds is 4. The van der Waals surface area contributed by atoms with Crippen molar-refractivity contribution in [1.82, 2.24) is 4.98 Å². The number of benzene rings is 1. The van der Waals surface area contributed by atoms with Crippen LogP contribution in [0.1, 0.15) is 25.1 Å². The van der Waals surface area contributed by atoms with Crippen LogP contribution in [0.3, 0.4) is 0 Å². The molecule has 0 aliphatic carbocycles. The Morgan fingerprint density at radius 2 is 1.84 bits per heavy atom. The van der Waals surface area contributed by atoms with Gasteiger partial charge in [0.25, 0.3) is 0 Å². The molecule has 2 rings (SSSR count). The number of aromatic nitrogens is 1. The highest BCUT2D eigenvalue weighted by Gasteiger charge is 2.06. The first-order valence-electron chi connectivity index (χ1n) is 5.94. The molecular weight excluding hydrogens is 250 g/mol. The lowest BCUT2D eigenvalue weighted by Gasteiger charge is -2.09. The third kappa shape index (κ3) is 3.48. The van der Waals surface area contributed by atoms with Gasteiger partial charge in [0.1, 0.15) is 23.1 Å². The summed E-state index contributed by atoms with van der Waals surface area (Å²) in [6.07, 6.45) is 2.26. The van der Waals surface area contributed by atoms with Crippen molar-refractivity contribution in [2.45, 2.75) is 19.4 Å². The maximum Gasteiger partial charge on any atom is 0.145 e. The van der Waals surface area contributed by atoms with Crippen LogP contribution in [-0.2, 0) is 0 Å². The molecule has 5 heteroatoms. The minimum atomic E-state index is -0.687. The van der Waals surface area contributed by atoms with Crippen LogP contribution in [0.2, 0.25) is 0 Å². The van der Waals surface area contributed by atoms with Gasteiger partial charge in [0.15, 0.2) is 0 Å². The van der Waals surface area contributed by atoms with E-state index in [9.17, 15) is 8.78 Å². The van der Waals surface area contributed by atoms with Crippen LogP contribution >= 0.6 is 0 Å². The predicted molar refractivity (Wildman–Crippen MR) is 67.9 cm³/mol. The van der Waals surface area contributed by atoms with Crippen molar-refractivity contribution >= 4 is 0 Å². The van der Waals surface area contributed by atoms with Gasteiger partial charge in [-0.2, -0.15) is 0 Å². The Labute approximate surface area is 110 Å². The summed E-state index contributed by atoms with van der Waals surface area (Å²) in [5.74, 6) is -0.885. The third-order valence-electron chi connectivity index (χ3n) is 2.65. The third-order valence-corrected chi connectivity index (χ3v) is 2.65. The van der Waals surface area contributed by atoms with E-state index in [-0.39, 0.29) is 11.8 Å². The van der Waals surface area contributed by atoms with Crippen LogP contribution in [0.15, 0.2) is 36.5 Å². The molecule has 0 fully saturated rings. The van der Waals surface area contributed by atoms with E-state index in [0.717, 1.165) is 30.3 Å². The van der Waals surface area contributed by atoms with Gasteiger partial charge in [-0.25, -0.2) is 8.78 Å². The number of hydrogen-bond acceptors (Lipinski definition) is 3. The van der Waals surface area contributed by atoms with Crippen molar-refractivity contribution in [2.75, 3.05) is 0 Å². The fourth-order valence-corrected chi connectivity index (χ4v) is 1.60. The molecule has 1 aromatic carbocycles. The lowest BCUT2D eigenvalue weighted by molar-refractivity contribution is 0.465. The van der Waals surface area contributed by atoms with Crippen LogP contribution in [0.4, 0.5) is 8.78 Å². The largest absolute Gasteiger partial charge is 0.456 e. The number of ether oxygens (including phenoxy) is 1. The second kappa shape index (κ2) is 5.75. The van der Waals surface area contributed by atoms with Crippen molar-refractivity contribution in [3.63, 3.8) is 0 Å². The van der Waals surface area contributed by atoms with E-state index in [1.165, 1.54) is 6.20 Å². The quantitative estimate of drug-likeness (QED) is 0.918. The SMILES string of the molecule is CCC(N)c1ccc(Oc2cc(F)cc(F)c2)cn1. The van der Waals surface area contributed by atoms with Gasteiger partial charge in [-0.05, 0) is 18.6 Å². The van der Waals surface area contributed by atoms with E-state index < -0.39 is 11.6 Å². The highest BCUT2D eigenvalue weighted by Crippen LogP contribution is 2.23. The summed E-state index contributed by atoms with van der Waals surface area (Å²) in [5, 5.41) is 0. The maximum atomic E-state index is 13.0. The van der Waals surface area contributed by atoms with Crippen molar-refractivity contribution in [1.29, 1.82) is 0 Å². The number of halogens is 2. The zero-order valence-corrected chi connectivity index (χ0v) is 10.4. The van der Waals surface area contributed by atoms with E-state index in [1.807, 2.05) is 6.92 Å². The molecule has 3 nitrogen and oxygen atoms in total. The summed E-state index contributed by atoms with van der Waals surface area (Å²) in [4.78, 5) is 4.15. The number of pyridine rings is 1. The molecule has 0 spiro atoms. The average molecular weight is 264 g/mol.